The van der Waals surface area contributed by atoms with Crippen molar-refractivity contribution in [2.45, 2.75) is 12.4 Å². The highest BCUT2D eigenvalue weighted by Gasteiger charge is 2.43. The lowest BCUT2D eigenvalue weighted by Gasteiger charge is -2.28. The van der Waals surface area contributed by atoms with E-state index in [2.05, 4.69) is 45.9 Å². The number of ether oxygens (including phenoxy) is 2. The zero-order valence-corrected chi connectivity index (χ0v) is 20.5. The van der Waals surface area contributed by atoms with Crippen LogP contribution in [0.1, 0.15) is 32.6 Å². The van der Waals surface area contributed by atoms with Crippen molar-refractivity contribution < 1.29 is 37.0 Å². The van der Waals surface area contributed by atoms with Crippen LogP contribution in [0.5, 0.6) is 0 Å². The normalized spacial score (nSPS) is 14.5. The second-order valence-electron chi connectivity index (χ2n) is 8.59. The van der Waals surface area contributed by atoms with Gasteiger partial charge in [0.05, 0.1) is 24.9 Å². The topological polar surface area (TPSA) is 167 Å². The van der Waals surface area contributed by atoms with E-state index in [0.29, 0.717) is 29.7 Å². The van der Waals surface area contributed by atoms with Crippen molar-refractivity contribution in [3.05, 3.63) is 65.5 Å². The van der Waals surface area contributed by atoms with Gasteiger partial charge in [-0.05, 0) is 42.5 Å². The number of aromatic nitrogens is 5. The zero-order chi connectivity index (χ0) is 28.3. The molecule has 5 rings (SSSR count). The average molecular weight is 558 g/mol. The molecule has 1 aliphatic heterocycles. The molecule has 16 heteroatoms. The number of H-pyrrole nitrogens is 2. The summed E-state index contributed by atoms with van der Waals surface area (Å²) in [5.74, 6) is -3.72. The number of hydrogen-bond acceptors (Lipinski definition) is 9. The van der Waals surface area contributed by atoms with E-state index in [1.165, 1.54) is 18.2 Å². The van der Waals surface area contributed by atoms with Crippen LogP contribution >= 0.6 is 0 Å². The van der Waals surface area contributed by atoms with Crippen molar-refractivity contribution in [1.29, 1.82) is 0 Å². The quantitative estimate of drug-likeness (QED) is 0.197. The van der Waals surface area contributed by atoms with Crippen LogP contribution in [-0.4, -0.2) is 75.9 Å². The number of alkyl halides is 3. The summed E-state index contributed by atoms with van der Waals surface area (Å²) in [5.41, 5.74) is 1.54. The van der Waals surface area contributed by atoms with Crippen molar-refractivity contribution in [1.82, 2.24) is 30.9 Å². The van der Waals surface area contributed by atoms with Gasteiger partial charge >= 0.3 is 12.1 Å². The van der Waals surface area contributed by atoms with Gasteiger partial charge in [0.25, 0.3) is 11.8 Å². The molecule has 40 heavy (non-hydrogen) atoms. The molecule has 0 bridgehead atoms. The largest absolute Gasteiger partial charge is 0.491 e. The lowest BCUT2D eigenvalue weighted by Crippen LogP contribution is -2.36. The molecule has 0 radical (unpaired) electrons. The molecule has 2 amide bonds. The predicted molar refractivity (Wildman–Crippen MR) is 132 cm³/mol. The lowest BCUT2D eigenvalue weighted by atomic mass is 10.1. The fourth-order valence-corrected chi connectivity index (χ4v) is 3.95. The summed E-state index contributed by atoms with van der Waals surface area (Å²) >= 11 is 0. The molecular weight excluding hydrogens is 537 g/mol. The molecule has 0 spiro atoms. The number of amides is 2. The van der Waals surface area contributed by atoms with Gasteiger partial charge in [0.1, 0.15) is 5.69 Å². The minimum absolute atomic E-state index is 0.0178. The lowest BCUT2D eigenvalue weighted by molar-refractivity contribution is -0.206. The number of benzene rings is 2. The van der Waals surface area contributed by atoms with Gasteiger partial charge in [0, 0.05) is 35.3 Å². The smallest absolute Gasteiger partial charge is 0.429 e. The number of nitrogens with zero attached hydrogens (tertiary/aromatic N) is 4. The summed E-state index contributed by atoms with van der Waals surface area (Å²) in [7, 11) is 0. The molecule has 3 heterocycles. The van der Waals surface area contributed by atoms with Crippen LogP contribution in [0.15, 0.2) is 48.7 Å². The summed E-state index contributed by atoms with van der Waals surface area (Å²) in [6.07, 6.45) is -6.10. The third-order valence-electron chi connectivity index (χ3n) is 5.99. The number of esters is 1. The van der Waals surface area contributed by atoms with Crippen LogP contribution < -0.4 is 15.5 Å². The van der Waals surface area contributed by atoms with E-state index >= 15 is 0 Å². The highest BCUT2D eigenvalue weighted by atomic mass is 19.4. The monoisotopic (exact) mass is 558 g/mol. The van der Waals surface area contributed by atoms with Crippen LogP contribution in [0, 0.1) is 0 Å². The number of morpholine rings is 1. The molecule has 1 fully saturated rings. The Kier molecular flexibility index (Phi) is 7.33. The van der Waals surface area contributed by atoms with Crippen LogP contribution in [0.4, 0.5) is 24.7 Å². The van der Waals surface area contributed by atoms with E-state index < -0.39 is 30.2 Å². The molecule has 1 unspecified atom stereocenters. The van der Waals surface area contributed by atoms with Crippen molar-refractivity contribution in [2.75, 3.05) is 36.5 Å². The van der Waals surface area contributed by atoms with Gasteiger partial charge in [-0.25, -0.2) is 4.79 Å². The molecule has 4 N–H and O–H groups in total. The standard InChI is InChI=1S/C24H21F3N8O5/c25-24(26,27)23(38)40-22(18-12-28-34-32-18)30-21(37)14-3-6-17-16(11-14)19(33-31-17)29-20(36)13-1-4-15(5-2-13)35-7-9-39-10-8-35/h1-6,11-12,22H,7-10H2,(H,30,37)(H,28,32,34)(H2,29,31,33,36). The maximum atomic E-state index is 12.9. The molecule has 2 aromatic heterocycles. The van der Waals surface area contributed by atoms with Gasteiger partial charge in [0.15, 0.2) is 5.82 Å². The van der Waals surface area contributed by atoms with E-state index in [1.807, 2.05) is 12.1 Å². The summed E-state index contributed by atoms with van der Waals surface area (Å²) in [6, 6.07) is 11.3. The Morgan fingerprint density at radius 2 is 1.75 bits per heavy atom. The third kappa shape index (κ3) is 5.85. The third-order valence-corrected chi connectivity index (χ3v) is 5.99. The maximum Gasteiger partial charge on any atom is 0.491 e. The highest BCUT2D eigenvalue weighted by molar-refractivity contribution is 6.09. The van der Waals surface area contributed by atoms with Gasteiger partial charge in [-0.15, -0.1) is 5.10 Å². The fourth-order valence-electron chi connectivity index (χ4n) is 3.95. The first-order valence-corrected chi connectivity index (χ1v) is 11.9. The number of carbonyl (C=O) groups excluding carboxylic acids is 3. The Morgan fingerprint density at radius 3 is 2.42 bits per heavy atom. The minimum atomic E-state index is -5.29. The molecule has 2 aromatic carbocycles. The van der Waals surface area contributed by atoms with E-state index in [1.54, 1.807) is 12.1 Å². The molecule has 0 aliphatic carbocycles. The Hall–Kier alpha value is -4.99. The first-order chi connectivity index (χ1) is 19.2. The Bertz CT molecular complexity index is 1520. The van der Waals surface area contributed by atoms with E-state index in [0.717, 1.165) is 25.0 Å². The van der Waals surface area contributed by atoms with Crippen LogP contribution in [-0.2, 0) is 14.3 Å². The van der Waals surface area contributed by atoms with Crippen molar-refractivity contribution in [2.24, 2.45) is 0 Å². The number of rotatable bonds is 7. The Balaban J connectivity index is 1.31. The summed E-state index contributed by atoms with van der Waals surface area (Å²) in [4.78, 5) is 39.3. The second kappa shape index (κ2) is 11.0. The molecule has 1 atom stereocenters. The molecule has 1 aliphatic rings. The number of hydrogen-bond donors (Lipinski definition) is 4. The zero-order valence-electron chi connectivity index (χ0n) is 20.5. The van der Waals surface area contributed by atoms with E-state index in [9.17, 15) is 27.6 Å². The number of carbonyl (C=O) groups is 3. The molecule has 4 aromatic rings. The second-order valence-corrected chi connectivity index (χ2v) is 8.59. The fraction of sp³-hybridized carbons (Fsp3) is 0.250. The molecule has 0 saturated carbocycles. The Labute approximate surface area is 223 Å². The van der Waals surface area contributed by atoms with Crippen LogP contribution in [0.25, 0.3) is 10.9 Å². The first kappa shape index (κ1) is 26.6. The number of anilines is 2. The summed E-state index contributed by atoms with van der Waals surface area (Å²) in [6.45, 7) is 2.78. The number of aromatic amines is 2. The van der Waals surface area contributed by atoms with Gasteiger partial charge < -0.3 is 25.0 Å². The van der Waals surface area contributed by atoms with Crippen LogP contribution in [0.3, 0.4) is 0 Å². The van der Waals surface area contributed by atoms with Gasteiger partial charge in [-0.2, -0.15) is 18.3 Å². The van der Waals surface area contributed by atoms with Crippen LogP contribution in [0.2, 0.25) is 0 Å². The van der Waals surface area contributed by atoms with Crippen molar-refractivity contribution in [3.8, 4) is 0 Å². The minimum Gasteiger partial charge on any atom is -0.429 e. The van der Waals surface area contributed by atoms with Gasteiger partial charge in [-0.1, -0.05) is 5.21 Å². The molecule has 1 saturated heterocycles. The van der Waals surface area contributed by atoms with Gasteiger partial charge in [-0.3, -0.25) is 19.8 Å². The molecule has 13 nitrogen and oxygen atoms in total. The molecule has 208 valence electrons. The van der Waals surface area contributed by atoms with Gasteiger partial charge in [0.2, 0.25) is 6.23 Å². The van der Waals surface area contributed by atoms with Crippen molar-refractivity contribution >= 4 is 40.2 Å². The predicted octanol–water partition coefficient (Wildman–Crippen LogP) is 2.30. The molecular formula is C24H21F3N8O5. The summed E-state index contributed by atoms with van der Waals surface area (Å²) in [5, 5.41) is 21.2. The van der Waals surface area contributed by atoms with Crippen molar-refractivity contribution in [3.63, 3.8) is 0 Å². The SMILES string of the molecule is O=C(Nc1n[nH]c2ccc(C(=O)NC(OC(=O)C(F)(F)F)c3c[nH]nn3)cc12)c1ccc(N2CCOCC2)cc1. The Morgan fingerprint density at radius 1 is 1.02 bits per heavy atom. The number of nitrogens with one attached hydrogen (secondary N) is 4. The maximum absolute atomic E-state index is 12.9. The average Bonchev–Trinajstić information content (AvgIpc) is 3.63. The van der Waals surface area contributed by atoms with E-state index in [4.69, 9.17) is 4.74 Å². The highest BCUT2D eigenvalue weighted by Crippen LogP contribution is 2.25. The number of halogens is 3. The first-order valence-electron chi connectivity index (χ1n) is 11.9. The summed E-state index contributed by atoms with van der Waals surface area (Å²) < 4.78 is 48.0. The van der Waals surface area contributed by atoms with E-state index in [-0.39, 0.29) is 17.1 Å². The number of fused-ring (bicyclic) bond motifs is 1.